The number of rotatable bonds is 10. The zero-order valence-corrected chi connectivity index (χ0v) is 27.2. The number of thiazole rings is 1. The molecule has 1 fully saturated rings. The van der Waals surface area contributed by atoms with Crippen LogP contribution in [0.3, 0.4) is 0 Å². The van der Waals surface area contributed by atoms with Crippen LogP contribution in [0.5, 0.6) is 0 Å². The number of amides is 3. The van der Waals surface area contributed by atoms with Crippen LogP contribution in [0, 0.1) is 0 Å². The van der Waals surface area contributed by atoms with Gasteiger partial charge in [0.15, 0.2) is 0 Å². The summed E-state index contributed by atoms with van der Waals surface area (Å²) in [5.41, 5.74) is 3.74. The van der Waals surface area contributed by atoms with E-state index < -0.39 is 30.1 Å². The van der Waals surface area contributed by atoms with E-state index in [1.807, 2.05) is 72.8 Å². The molecular formula is C38H33F3N4O3S. The summed E-state index contributed by atoms with van der Waals surface area (Å²) in [6.45, 7) is -0.554. The standard InChI is InChI=1S/C38H33F3N4O3S/c39-38(40,41)23-42-36(48)37(28-15-5-3-11-24(28)25-12-4-6-16-29(25)37)20-9-10-21-45-22-19-31(35(45)47)43-33(46)26-13-1-2-14-27(26)34-44-30-17-7-8-18-32(30)49-34/h1-8,11-18,31H,9-10,19-23H2,(H,42,48)(H,43,46). The van der Waals surface area contributed by atoms with Crippen LogP contribution >= 0.6 is 11.3 Å². The smallest absolute Gasteiger partial charge is 0.346 e. The number of aromatic nitrogens is 1. The van der Waals surface area contributed by atoms with E-state index in [1.165, 1.54) is 11.3 Å². The molecule has 5 aromatic rings. The summed E-state index contributed by atoms with van der Waals surface area (Å²) in [6, 6.07) is 29.0. The predicted octanol–water partition coefficient (Wildman–Crippen LogP) is 7.11. The second-order valence-corrected chi connectivity index (χ2v) is 13.5. The van der Waals surface area contributed by atoms with Crippen molar-refractivity contribution in [3.8, 4) is 21.7 Å². The molecule has 4 aromatic carbocycles. The molecule has 1 unspecified atom stereocenters. The molecule has 1 atom stereocenters. The molecule has 2 aliphatic rings. The Kier molecular flexibility index (Phi) is 8.70. The number of para-hydroxylation sites is 1. The third-order valence-corrected chi connectivity index (χ3v) is 10.5. The van der Waals surface area contributed by atoms with E-state index in [-0.39, 0.29) is 18.2 Å². The second-order valence-electron chi connectivity index (χ2n) is 12.4. The number of nitrogens with zero attached hydrogens (tertiary/aromatic N) is 2. The molecule has 1 aromatic heterocycles. The Morgan fingerprint density at radius 2 is 1.49 bits per heavy atom. The third-order valence-electron chi connectivity index (χ3n) is 9.43. The van der Waals surface area contributed by atoms with Crippen LogP contribution in [0.15, 0.2) is 97.1 Å². The van der Waals surface area contributed by atoms with Crippen LogP contribution in [-0.4, -0.2) is 59.5 Å². The summed E-state index contributed by atoms with van der Waals surface area (Å²) in [6.07, 6.45) is -2.80. The lowest BCUT2D eigenvalue weighted by Gasteiger charge is -2.31. The topological polar surface area (TPSA) is 91.4 Å². The molecule has 1 aliphatic heterocycles. The zero-order chi connectivity index (χ0) is 34.2. The number of likely N-dealkylation sites (tertiary alicyclic amines) is 1. The molecule has 7 nitrogen and oxygen atoms in total. The molecule has 3 amide bonds. The van der Waals surface area contributed by atoms with Gasteiger partial charge in [0.2, 0.25) is 11.8 Å². The maximum atomic E-state index is 13.7. The van der Waals surface area contributed by atoms with Gasteiger partial charge in [-0.15, -0.1) is 11.3 Å². The van der Waals surface area contributed by atoms with Gasteiger partial charge in [-0.25, -0.2) is 4.98 Å². The first-order valence-corrected chi connectivity index (χ1v) is 17.1. The maximum Gasteiger partial charge on any atom is 0.405 e. The first kappa shape index (κ1) is 32.5. The highest BCUT2D eigenvalue weighted by Gasteiger charge is 2.49. The van der Waals surface area contributed by atoms with Crippen LogP contribution in [0.25, 0.3) is 31.9 Å². The second kappa shape index (κ2) is 13.1. The molecule has 0 saturated carbocycles. The highest BCUT2D eigenvalue weighted by atomic mass is 32.1. The molecule has 11 heteroatoms. The quantitative estimate of drug-likeness (QED) is 0.154. The van der Waals surface area contributed by atoms with Gasteiger partial charge in [-0.05, 0) is 66.1 Å². The molecule has 7 rings (SSSR count). The van der Waals surface area contributed by atoms with Gasteiger partial charge >= 0.3 is 6.18 Å². The highest BCUT2D eigenvalue weighted by molar-refractivity contribution is 7.21. The first-order chi connectivity index (χ1) is 23.7. The van der Waals surface area contributed by atoms with Gasteiger partial charge in [0.05, 0.1) is 10.2 Å². The van der Waals surface area contributed by atoms with Gasteiger partial charge < -0.3 is 15.5 Å². The van der Waals surface area contributed by atoms with Crippen molar-refractivity contribution in [1.82, 2.24) is 20.5 Å². The number of hydrogen-bond donors (Lipinski definition) is 2. The van der Waals surface area contributed by atoms with Gasteiger partial charge in [-0.2, -0.15) is 13.2 Å². The Balaban J connectivity index is 1.02. The SMILES string of the molecule is O=C(NC1CCN(CCCCC2(C(=O)NCC(F)(F)F)c3ccccc3-c3ccccc32)C1=O)c1ccccc1-c1nc2ccccc2s1. The number of nitrogens with one attached hydrogen (secondary N) is 2. The average molecular weight is 683 g/mol. The van der Waals surface area contributed by atoms with Crippen LogP contribution < -0.4 is 10.6 Å². The molecule has 250 valence electrons. The summed E-state index contributed by atoms with van der Waals surface area (Å²) in [5, 5.41) is 5.81. The molecular weight excluding hydrogens is 650 g/mol. The Morgan fingerprint density at radius 1 is 0.857 bits per heavy atom. The van der Waals surface area contributed by atoms with Crippen LogP contribution in [0.1, 0.15) is 47.2 Å². The number of fused-ring (bicyclic) bond motifs is 4. The summed E-state index contributed by atoms with van der Waals surface area (Å²) < 4.78 is 40.6. The van der Waals surface area contributed by atoms with E-state index in [2.05, 4.69) is 10.6 Å². The van der Waals surface area contributed by atoms with Crippen molar-refractivity contribution in [1.29, 1.82) is 0 Å². The Hall–Kier alpha value is -5.03. The fourth-order valence-electron chi connectivity index (χ4n) is 7.16. The molecule has 0 spiro atoms. The Labute approximate surface area is 285 Å². The van der Waals surface area contributed by atoms with Gasteiger partial charge in [-0.1, -0.05) is 78.9 Å². The van der Waals surface area contributed by atoms with Gasteiger partial charge in [-0.3, -0.25) is 14.4 Å². The fourth-order valence-corrected chi connectivity index (χ4v) is 8.17. The van der Waals surface area contributed by atoms with Gasteiger partial charge in [0.1, 0.15) is 23.0 Å². The summed E-state index contributed by atoms with van der Waals surface area (Å²) in [4.78, 5) is 47.0. The highest BCUT2D eigenvalue weighted by Crippen LogP contribution is 2.51. The van der Waals surface area contributed by atoms with E-state index >= 15 is 0 Å². The lowest BCUT2D eigenvalue weighted by Crippen LogP contribution is -2.47. The monoisotopic (exact) mass is 682 g/mol. The minimum absolute atomic E-state index is 0.181. The van der Waals surface area contributed by atoms with E-state index in [4.69, 9.17) is 4.98 Å². The number of carbonyl (C=O) groups excluding carboxylic acids is 3. The van der Waals surface area contributed by atoms with Crippen molar-refractivity contribution in [3.05, 3.63) is 114 Å². The number of halogens is 3. The lowest BCUT2D eigenvalue weighted by molar-refractivity contribution is -0.141. The molecule has 2 N–H and O–H groups in total. The minimum Gasteiger partial charge on any atom is -0.346 e. The largest absolute Gasteiger partial charge is 0.405 e. The molecule has 49 heavy (non-hydrogen) atoms. The van der Waals surface area contributed by atoms with Crippen LogP contribution in [0.2, 0.25) is 0 Å². The van der Waals surface area contributed by atoms with Crippen molar-refractivity contribution in [3.63, 3.8) is 0 Å². The number of carbonyl (C=O) groups is 3. The summed E-state index contributed by atoms with van der Waals surface area (Å²) in [5.74, 6) is -1.21. The third kappa shape index (κ3) is 6.19. The van der Waals surface area contributed by atoms with Crippen LogP contribution in [0.4, 0.5) is 13.2 Å². The normalized spacial score (nSPS) is 16.4. The van der Waals surface area contributed by atoms with Crippen molar-refractivity contribution in [2.45, 2.75) is 43.3 Å². The van der Waals surface area contributed by atoms with Crippen molar-refractivity contribution in [2.75, 3.05) is 19.6 Å². The molecule has 1 saturated heterocycles. The summed E-state index contributed by atoms with van der Waals surface area (Å²) >= 11 is 1.50. The van der Waals surface area contributed by atoms with E-state index in [1.54, 1.807) is 29.2 Å². The van der Waals surface area contributed by atoms with Gasteiger partial charge in [0, 0.05) is 24.2 Å². The van der Waals surface area contributed by atoms with Crippen molar-refractivity contribution < 1.29 is 27.6 Å². The Bertz CT molecular complexity index is 1980. The molecule has 0 bridgehead atoms. The van der Waals surface area contributed by atoms with E-state index in [0.29, 0.717) is 54.6 Å². The minimum atomic E-state index is -4.55. The van der Waals surface area contributed by atoms with Crippen LogP contribution in [-0.2, 0) is 15.0 Å². The number of unbranched alkanes of at least 4 members (excludes halogenated alkanes) is 1. The molecule has 0 radical (unpaired) electrons. The Morgan fingerprint density at radius 3 is 2.18 bits per heavy atom. The average Bonchev–Trinajstić information content (AvgIpc) is 3.78. The van der Waals surface area contributed by atoms with Gasteiger partial charge in [0.25, 0.3) is 5.91 Å². The predicted molar refractivity (Wildman–Crippen MR) is 183 cm³/mol. The number of benzene rings is 4. The maximum absolute atomic E-state index is 13.7. The first-order valence-electron chi connectivity index (χ1n) is 16.2. The fraction of sp³-hybridized carbons (Fsp3) is 0.263. The van der Waals surface area contributed by atoms with Crippen molar-refractivity contribution >= 4 is 39.3 Å². The molecule has 1 aliphatic carbocycles. The number of alkyl halides is 3. The van der Waals surface area contributed by atoms with E-state index in [0.717, 1.165) is 26.4 Å². The zero-order valence-electron chi connectivity index (χ0n) is 26.4. The van der Waals surface area contributed by atoms with E-state index in [9.17, 15) is 27.6 Å². The molecule has 2 heterocycles. The van der Waals surface area contributed by atoms with Crippen molar-refractivity contribution in [2.24, 2.45) is 0 Å². The number of hydrogen-bond acceptors (Lipinski definition) is 5. The summed E-state index contributed by atoms with van der Waals surface area (Å²) in [7, 11) is 0. The lowest BCUT2D eigenvalue weighted by atomic mass is 9.73.